The van der Waals surface area contributed by atoms with Crippen LogP contribution in [0.3, 0.4) is 0 Å². The molecule has 0 bridgehead atoms. The second kappa shape index (κ2) is 13.9. The molecule has 0 aliphatic rings. The molecule has 0 saturated heterocycles. The quantitative estimate of drug-likeness (QED) is 0.270. The molecule has 1 amide bonds. The number of methoxy groups -OCH3 is 1. The maximum absolute atomic E-state index is 14.7. The Balaban J connectivity index is 2.53. The fourth-order valence-electron chi connectivity index (χ4n) is 4.44. The monoisotopic (exact) mass is 561 g/mol. The van der Waals surface area contributed by atoms with Crippen molar-refractivity contribution in [2.24, 2.45) is 5.41 Å². The van der Waals surface area contributed by atoms with Crippen LogP contribution in [0.5, 0.6) is 0 Å². The van der Waals surface area contributed by atoms with Gasteiger partial charge in [-0.25, -0.2) is 9.18 Å². The van der Waals surface area contributed by atoms with Gasteiger partial charge in [0.25, 0.3) is 0 Å². The Hall–Kier alpha value is -2.90. The molecule has 0 aliphatic heterocycles. The van der Waals surface area contributed by atoms with Gasteiger partial charge in [-0.3, -0.25) is 4.79 Å². The Labute approximate surface area is 236 Å². The van der Waals surface area contributed by atoms with E-state index in [0.717, 1.165) is 16.7 Å². The first-order chi connectivity index (χ1) is 18.2. The minimum absolute atomic E-state index is 0.111. The number of carbonyl (C=O) groups excluding carboxylic acids is 2. The maximum Gasteiger partial charge on any atom is 0.407 e. The van der Waals surface area contributed by atoms with Gasteiger partial charge in [0.05, 0.1) is 18.6 Å². The average molecular weight is 562 g/mol. The van der Waals surface area contributed by atoms with Gasteiger partial charge in [0.2, 0.25) is 0 Å². The predicted molar refractivity (Wildman–Crippen MR) is 154 cm³/mol. The SMILES string of the molecule is C=C(CC)c1cc(-c2cc(Cl)ccc2F)ccc1CC(CC(C)(COC)C(=O)OCC)NC(=O)OC(C)(C)C. The highest BCUT2D eigenvalue weighted by molar-refractivity contribution is 6.30. The standard InChI is InChI=1S/C31H41ClFNO5/c1-9-20(3)25-16-22(26-17-23(32)13-14-27(26)33)12-11-21(25)15-24(34-29(36)39-30(4,5)6)18-31(7,19-37-8)28(35)38-10-2/h11-14,16-17,24H,3,9-10,15,18-19H2,1-2,4-8H3,(H,34,36). The molecule has 0 heterocycles. The van der Waals surface area contributed by atoms with E-state index in [0.29, 0.717) is 29.0 Å². The van der Waals surface area contributed by atoms with Crippen molar-refractivity contribution < 1.29 is 28.2 Å². The summed E-state index contributed by atoms with van der Waals surface area (Å²) in [5, 5.41) is 3.38. The summed E-state index contributed by atoms with van der Waals surface area (Å²) in [5.41, 5.74) is 1.92. The third-order valence-electron chi connectivity index (χ3n) is 6.27. The highest BCUT2D eigenvalue weighted by Crippen LogP contribution is 2.33. The maximum atomic E-state index is 14.7. The van der Waals surface area contributed by atoms with Gasteiger partial charge in [0.15, 0.2) is 0 Å². The lowest BCUT2D eigenvalue weighted by atomic mass is 9.81. The lowest BCUT2D eigenvalue weighted by Crippen LogP contribution is -2.46. The number of benzene rings is 2. The van der Waals surface area contributed by atoms with Crippen LogP contribution in [0.4, 0.5) is 9.18 Å². The minimum atomic E-state index is -1.02. The van der Waals surface area contributed by atoms with Crippen LogP contribution in [0.2, 0.25) is 5.02 Å². The Kier molecular flexibility index (Phi) is 11.6. The summed E-state index contributed by atoms with van der Waals surface area (Å²) < 4.78 is 30.9. The van der Waals surface area contributed by atoms with Gasteiger partial charge in [0, 0.05) is 23.7 Å². The summed E-state index contributed by atoms with van der Waals surface area (Å²) in [5.74, 6) is -0.790. The highest BCUT2D eigenvalue weighted by atomic mass is 35.5. The third-order valence-corrected chi connectivity index (χ3v) is 6.51. The number of ether oxygens (including phenoxy) is 3. The van der Waals surface area contributed by atoms with E-state index in [9.17, 15) is 14.0 Å². The first-order valence-corrected chi connectivity index (χ1v) is 13.5. The topological polar surface area (TPSA) is 73.9 Å². The molecule has 0 aliphatic carbocycles. The molecular formula is C31H41ClFNO5. The van der Waals surface area contributed by atoms with E-state index in [1.807, 2.05) is 25.1 Å². The normalized spacial score (nSPS) is 13.8. The number of esters is 1. The van der Waals surface area contributed by atoms with Crippen LogP contribution in [0.25, 0.3) is 16.7 Å². The highest BCUT2D eigenvalue weighted by Gasteiger charge is 2.38. The molecule has 2 rings (SSSR count). The first-order valence-electron chi connectivity index (χ1n) is 13.1. The summed E-state index contributed by atoms with van der Waals surface area (Å²) in [6, 6.07) is 9.53. The number of hydrogen-bond donors (Lipinski definition) is 1. The number of rotatable bonds is 12. The van der Waals surface area contributed by atoms with Crippen molar-refractivity contribution in [2.45, 2.75) is 72.4 Å². The minimum Gasteiger partial charge on any atom is -0.466 e. The molecule has 1 N–H and O–H groups in total. The van der Waals surface area contributed by atoms with Gasteiger partial charge in [-0.1, -0.05) is 37.2 Å². The number of amides is 1. The van der Waals surface area contributed by atoms with E-state index in [1.54, 1.807) is 40.7 Å². The number of halogens is 2. The van der Waals surface area contributed by atoms with Crippen LogP contribution in [0, 0.1) is 11.2 Å². The van der Waals surface area contributed by atoms with Crippen LogP contribution in [-0.4, -0.2) is 44.0 Å². The molecule has 2 aromatic rings. The zero-order valence-corrected chi connectivity index (χ0v) is 24.8. The summed E-state index contributed by atoms with van der Waals surface area (Å²) >= 11 is 6.14. The van der Waals surface area contributed by atoms with Crippen LogP contribution in [0.15, 0.2) is 43.0 Å². The van der Waals surface area contributed by atoms with Crippen molar-refractivity contribution in [2.75, 3.05) is 20.3 Å². The Morgan fingerprint density at radius 3 is 2.38 bits per heavy atom. The summed E-state index contributed by atoms with van der Waals surface area (Å²) in [6.45, 7) is 15.4. The van der Waals surface area contributed by atoms with Gasteiger partial charge in [0.1, 0.15) is 11.4 Å². The zero-order valence-electron chi connectivity index (χ0n) is 24.1. The molecule has 0 fully saturated rings. The molecule has 39 heavy (non-hydrogen) atoms. The zero-order chi connectivity index (χ0) is 29.4. The van der Waals surface area contributed by atoms with Gasteiger partial charge in [-0.2, -0.15) is 0 Å². The van der Waals surface area contributed by atoms with Crippen molar-refractivity contribution >= 4 is 29.2 Å². The van der Waals surface area contributed by atoms with Crippen molar-refractivity contribution in [3.8, 4) is 11.1 Å². The van der Waals surface area contributed by atoms with Gasteiger partial charge < -0.3 is 19.5 Å². The van der Waals surface area contributed by atoms with Crippen molar-refractivity contribution in [1.82, 2.24) is 5.32 Å². The molecule has 2 unspecified atom stereocenters. The second-order valence-electron chi connectivity index (χ2n) is 10.9. The van der Waals surface area contributed by atoms with E-state index < -0.39 is 29.1 Å². The van der Waals surface area contributed by atoms with Crippen molar-refractivity contribution in [3.05, 3.63) is 64.9 Å². The molecule has 2 aromatic carbocycles. The smallest absolute Gasteiger partial charge is 0.407 e. The summed E-state index contributed by atoms with van der Waals surface area (Å²) in [6.07, 6.45) is 0.680. The summed E-state index contributed by atoms with van der Waals surface area (Å²) in [7, 11) is 1.52. The molecule has 0 aromatic heterocycles. The second-order valence-corrected chi connectivity index (χ2v) is 11.4. The van der Waals surface area contributed by atoms with E-state index in [2.05, 4.69) is 11.9 Å². The van der Waals surface area contributed by atoms with Gasteiger partial charge in [-0.15, -0.1) is 0 Å². The third kappa shape index (κ3) is 9.36. The lowest BCUT2D eigenvalue weighted by molar-refractivity contribution is -0.158. The number of carbonyl (C=O) groups is 2. The van der Waals surface area contributed by atoms with E-state index in [-0.39, 0.29) is 25.5 Å². The molecule has 8 heteroatoms. The molecule has 0 saturated carbocycles. The van der Waals surface area contributed by atoms with Crippen LogP contribution < -0.4 is 5.32 Å². The molecule has 0 radical (unpaired) electrons. The molecular weight excluding hydrogens is 521 g/mol. The van der Waals surface area contributed by atoms with E-state index >= 15 is 0 Å². The van der Waals surface area contributed by atoms with Crippen LogP contribution in [-0.2, 0) is 25.4 Å². The largest absolute Gasteiger partial charge is 0.466 e. The molecule has 6 nitrogen and oxygen atoms in total. The number of alkyl carbamates (subject to hydrolysis) is 1. The molecule has 214 valence electrons. The Bertz CT molecular complexity index is 1180. The van der Waals surface area contributed by atoms with Crippen LogP contribution >= 0.6 is 11.6 Å². The van der Waals surface area contributed by atoms with Crippen molar-refractivity contribution in [1.29, 1.82) is 0 Å². The predicted octanol–water partition coefficient (Wildman–Crippen LogP) is 7.61. The van der Waals surface area contributed by atoms with Crippen molar-refractivity contribution in [3.63, 3.8) is 0 Å². The lowest BCUT2D eigenvalue weighted by Gasteiger charge is -2.32. The fraction of sp³-hybridized carbons (Fsp3) is 0.484. The number of nitrogens with one attached hydrogen (secondary N) is 1. The summed E-state index contributed by atoms with van der Waals surface area (Å²) in [4.78, 5) is 25.8. The van der Waals surface area contributed by atoms with Crippen LogP contribution in [0.1, 0.15) is 65.5 Å². The molecule has 0 spiro atoms. The Morgan fingerprint density at radius 2 is 1.79 bits per heavy atom. The average Bonchev–Trinajstić information content (AvgIpc) is 2.84. The fourth-order valence-corrected chi connectivity index (χ4v) is 4.62. The molecule has 2 atom stereocenters. The first kappa shape index (κ1) is 32.3. The van der Waals surface area contributed by atoms with E-state index in [1.165, 1.54) is 19.2 Å². The Morgan fingerprint density at radius 1 is 1.10 bits per heavy atom. The van der Waals surface area contributed by atoms with E-state index in [4.69, 9.17) is 25.8 Å². The van der Waals surface area contributed by atoms with Gasteiger partial charge >= 0.3 is 12.1 Å². The van der Waals surface area contributed by atoms with Gasteiger partial charge in [-0.05, 0) is 100 Å². The number of allylic oxidation sites excluding steroid dienone is 1. The number of hydrogen-bond acceptors (Lipinski definition) is 5.